The van der Waals surface area contributed by atoms with Crippen molar-refractivity contribution in [1.29, 1.82) is 0 Å². The maximum atomic E-state index is 5.93. The van der Waals surface area contributed by atoms with Crippen molar-refractivity contribution in [3.05, 3.63) is 24.3 Å². The van der Waals surface area contributed by atoms with Crippen LogP contribution < -0.4 is 57.3 Å². The highest BCUT2D eigenvalue weighted by Crippen LogP contribution is 2.34. The third kappa shape index (κ3) is 29.8. The summed E-state index contributed by atoms with van der Waals surface area (Å²) in [4.78, 5) is 0. The summed E-state index contributed by atoms with van der Waals surface area (Å²) < 4.78 is 0. The summed E-state index contributed by atoms with van der Waals surface area (Å²) in [6, 6.07) is 8.09. The van der Waals surface area contributed by atoms with Crippen LogP contribution in [0.2, 0.25) is 0 Å². The first-order valence-electron chi connectivity index (χ1n) is 16.1. The molecule has 10 heteroatoms. The van der Waals surface area contributed by atoms with Crippen molar-refractivity contribution in [2.45, 2.75) is 108 Å². The van der Waals surface area contributed by atoms with E-state index < -0.39 is 0 Å². The maximum Gasteiger partial charge on any atom is 0.0315 e. The number of anilines is 2. The van der Waals surface area contributed by atoms with E-state index in [-0.39, 0.29) is 0 Å². The maximum absolute atomic E-state index is 5.93. The summed E-state index contributed by atoms with van der Waals surface area (Å²) in [5, 5.41) is 0. The van der Waals surface area contributed by atoms with Gasteiger partial charge in [-0.25, -0.2) is 0 Å². The van der Waals surface area contributed by atoms with E-state index in [2.05, 4.69) is 0 Å². The van der Waals surface area contributed by atoms with Crippen LogP contribution in [0.5, 0.6) is 0 Å². The van der Waals surface area contributed by atoms with Crippen molar-refractivity contribution in [3.8, 4) is 0 Å². The average molecular weight is 583 g/mol. The minimum atomic E-state index is 0.501. The van der Waals surface area contributed by atoms with E-state index in [9.17, 15) is 0 Å². The number of hydrogen-bond acceptors (Lipinski definition) is 10. The first-order valence-corrected chi connectivity index (χ1v) is 16.1. The lowest BCUT2D eigenvalue weighted by Crippen LogP contribution is -2.30. The molecule has 3 rings (SSSR count). The molecule has 2 aliphatic rings. The Kier molecular flexibility index (Phi) is 31.9. The molecule has 0 unspecified atom stereocenters. The highest BCUT2D eigenvalue weighted by Gasteiger charge is 2.24. The standard InChI is InChI=1S/C13H26N2.C6H8N2.C6H16N2.C4H12N2.C2H8N2/c14-12-5-1-10(2-6-12)9-11-3-7-13(15)8-4-11;7-5-1-2-6(8)4-3-5;7-5-3-1-2-4-6-8;5-3-1-2-4-6;3-1-2-4/h10-13H,1-9,14-15H2;1-4H,7-8H2;1-8H2;1-6H2;1-4H2. The van der Waals surface area contributed by atoms with E-state index in [0.29, 0.717) is 25.2 Å². The van der Waals surface area contributed by atoms with Crippen molar-refractivity contribution in [2.24, 2.45) is 57.7 Å². The molecule has 0 heterocycles. The first kappa shape index (κ1) is 41.6. The normalized spacial score (nSPS) is 21.4. The quantitative estimate of drug-likeness (QED) is 0.134. The minimum absolute atomic E-state index is 0.501. The number of nitrogens with two attached hydrogens (primary N) is 10. The third-order valence-corrected chi connectivity index (χ3v) is 7.37. The number of rotatable bonds is 11. The Labute approximate surface area is 252 Å². The van der Waals surface area contributed by atoms with Crippen LogP contribution in [0.15, 0.2) is 24.3 Å². The Hall–Kier alpha value is -1.50. The molecule has 0 spiro atoms. The molecule has 0 amide bonds. The highest BCUT2D eigenvalue weighted by molar-refractivity contribution is 5.47. The molecule has 2 saturated carbocycles. The molecule has 0 aromatic heterocycles. The molecular weight excluding hydrogens is 512 g/mol. The lowest BCUT2D eigenvalue weighted by atomic mass is 9.76. The van der Waals surface area contributed by atoms with Gasteiger partial charge in [0.25, 0.3) is 0 Å². The molecule has 1 aromatic rings. The van der Waals surface area contributed by atoms with E-state index in [1.165, 1.54) is 70.6 Å². The van der Waals surface area contributed by atoms with Crippen LogP contribution in [0, 0.1) is 11.8 Å². The van der Waals surface area contributed by atoms with Crippen LogP contribution in [0.4, 0.5) is 11.4 Å². The lowest BCUT2D eigenvalue weighted by molar-refractivity contribution is 0.225. The zero-order valence-electron chi connectivity index (χ0n) is 26.2. The molecule has 10 nitrogen and oxygen atoms in total. The van der Waals surface area contributed by atoms with Gasteiger partial charge in [0.1, 0.15) is 0 Å². The van der Waals surface area contributed by atoms with Gasteiger partial charge in [-0.2, -0.15) is 0 Å². The van der Waals surface area contributed by atoms with Crippen LogP contribution in [-0.2, 0) is 0 Å². The summed E-state index contributed by atoms with van der Waals surface area (Å²) in [7, 11) is 0. The van der Waals surface area contributed by atoms with E-state index in [1.54, 1.807) is 24.3 Å². The van der Waals surface area contributed by atoms with Gasteiger partial charge in [0.2, 0.25) is 0 Å². The van der Waals surface area contributed by atoms with Gasteiger partial charge in [-0.05, 0) is 146 Å². The Morgan fingerprint density at radius 2 is 0.683 bits per heavy atom. The summed E-state index contributed by atoms with van der Waals surface area (Å²) in [6.45, 7) is 4.39. The summed E-state index contributed by atoms with van der Waals surface area (Å²) in [6.07, 6.45) is 18.9. The molecule has 1 aromatic carbocycles. The van der Waals surface area contributed by atoms with Crippen LogP contribution >= 0.6 is 0 Å². The SMILES string of the molecule is NC1CCC(CC2CCC(N)CC2)CC1.NCCCCCCN.NCCCCN.NCCN.Nc1ccc(N)cc1. The van der Waals surface area contributed by atoms with Gasteiger partial charge in [-0.3, -0.25) is 0 Å². The summed E-state index contributed by atoms with van der Waals surface area (Å²) in [5.74, 6) is 1.95. The largest absolute Gasteiger partial charge is 0.399 e. The van der Waals surface area contributed by atoms with Gasteiger partial charge in [-0.1, -0.05) is 12.8 Å². The van der Waals surface area contributed by atoms with Crippen molar-refractivity contribution < 1.29 is 0 Å². The monoisotopic (exact) mass is 583 g/mol. The molecule has 2 aliphatic carbocycles. The van der Waals surface area contributed by atoms with E-state index in [0.717, 1.165) is 75.1 Å². The number of hydrogen-bond donors (Lipinski definition) is 10. The van der Waals surface area contributed by atoms with E-state index >= 15 is 0 Å². The van der Waals surface area contributed by atoms with Crippen molar-refractivity contribution in [1.82, 2.24) is 0 Å². The number of benzene rings is 1. The van der Waals surface area contributed by atoms with Crippen molar-refractivity contribution in [3.63, 3.8) is 0 Å². The van der Waals surface area contributed by atoms with Crippen LogP contribution in [0.25, 0.3) is 0 Å². The van der Waals surface area contributed by atoms with Gasteiger partial charge in [0.15, 0.2) is 0 Å². The Balaban J connectivity index is 0. The zero-order chi connectivity index (χ0) is 31.1. The topological polar surface area (TPSA) is 260 Å². The molecule has 0 radical (unpaired) electrons. The van der Waals surface area contributed by atoms with Crippen LogP contribution in [0.1, 0.15) is 96.3 Å². The van der Waals surface area contributed by atoms with Gasteiger partial charge in [-0.15, -0.1) is 0 Å². The number of nitrogen functional groups attached to an aromatic ring is 2. The van der Waals surface area contributed by atoms with Crippen LogP contribution in [-0.4, -0.2) is 51.4 Å². The van der Waals surface area contributed by atoms with Crippen molar-refractivity contribution in [2.75, 3.05) is 50.7 Å². The Morgan fingerprint density at radius 1 is 0.415 bits per heavy atom. The Bertz CT molecular complexity index is 563. The molecule has 41 heavy (non-hydrogen) atoms. The fraction of sp³-hybridized carbons (Fsp3) is 0.806. The molecular formula is C31H70N10. The molecule has 0 bridgehead atoms. The summed E-state index contributed by atoms with van der Waals surface area (Å²) >= 11 is 0. The van der Waals surface area contributed by atoms with Gasteiger partial charge in [0, 0.05) is 36.5 Å². The molecule has 2 fully saturated rings. The second-order valence-corrected chi connectivity index (χ2v) is 11.3. The number of unbranched alkanes of at least 4 members (excludes halogenated alkanes) is 4. The van der Waals surface area contributed by atoms with Crippen molar-refractivity contribution >= 4 is 11.4 Å². The smallest absolute Gasteiger partial charge is 0.0315 e. The van der Waals surface area contributed by atoms with Crippen LogP contribution in [0.3, 0.4) is 0 Å². The summed E-state index contributed by atoms with van der Waals surface area (Å²) in [5.41, 5.74) is 54.8. The fourth-order valence-electron chi connectivity index (χ4n) is 4.75. The third-order valence-electron chi connectivity index (χ3n) is 7.37. The second-order valence-electron chi connectivity index (χ2n) is 11.3. The molecule has 0 aliphatic heterocycles. The molecule has 20 N–H and O–H groups in total. The minimum Gasteiger partial charge on any atom is -0.399 e. The zero-order valence-corrected chi connectivity index (χ0v) is 26.2. The first-order chi connectivity index (χ1) is 19.8. The molecule has 0 saturated heterocycles. The van der Waals surface area contributed by atoms with Gasteiger partial charge >= 0.3 is 0 Å². The van der Waals surface area contributed by atoms with Gasteiger partial charge in [0.05, 0.1) is 0 Å². The average Bonchev–Trinajstić information content (AvgIpc) is 2.99. The second kappa shape index (κ2) is 31.4. The molecule has 0 atom stereocenters. The van der Waals surface area contributed by atoms with E-state index in [4.69, 9.17) is 57.3 Å². The molecule has 244 valence electrons. The van der Waals surface area contributed by atoms with Gasteiger partial charge < -0.3 is 57.3 Å². The Morgan fingerprint density at radius 3 is 0.927 bits per heavy atom. The predicted molar refractivity (Wildman–Crippen MR) is 182 cm³/mol. The predicted octanol–water partition coefficient (Wildman–Crippen LogP) is 2.31. The lowest BCUT2D eigenvalue weighted by Gasteiger charge is -2.32. The van der Waals surface area contributed by atoms with E-state index in [1.807, 2.05) is 0 Å². The highest BCUT2D eigenvalue weighted by atomic mass is 14.6. The fourth-order valence-corrected chi connectivity index (χ4v) is 4.75.